The van der Waals surface area contributed by atoms with Gasteiger partial charge in [-0.05, 0) is 18.2 Å². The second-order valence-corrected chi connectivity index (χ2v) is 7.28. The molecule has 3 rings (SSSR count). The van der Waals surface area contributed by atoms with Crippen LogP contribution < -0.4 is 5.32 Å². The third kappa shape index (κ3) is 3.59. The van der Waals surface area contributed by atoms with Crippen molar-refractivity contribution < 1.29 is 17.6 Å². The van der Waals surface area contributed by atoms with Gasteiger partial charge in [0.1, 0.15) is 5.82 Å². The average molecular weight is 379 g/mol. The molecule has 0 bridgehead atoms. The molecule has 1 atom stereocenters. The van der Waals surface area contributed by atoms with Crippen LogP contribution in [0.4, 0.5) is 17.6 Å². The van der Waals surface area contributed by atoms with Crippen molar-refractivity contribution in [1.82, 2.24) is 10.2 Å². The van der Waals surface area contributed by atoms with Gasteiger partial charge in [-0.2, -0.15) is 13.2 Å². The third-order valence-electron chi connectivity index (χ3n) is 4.01. The zero-order chi connectivity index (χ0) is 17.3. The van der Waals surface area contributed by atoms with E-state index in [4.69, 9.17) is 11.6 Å². The Hall–Kier alpha value is -1.15. The molecule has 0 radical (unpaired) electrons. The summed E-state index contributed by atoms with van der Waals surface area (Å²) in [5.74, 6) is -1.21. The van der Waals surface area contributed by atoms with E-state index < -0.39 is 23.6 Å². The number of hydrogen-bond acceptors (Lipinski definition) is 3. The highest BCUT2D eigenvalue weighted by Crippen LogP contribution is 2.40. The number of benzene rings is 1. The van der Waals surface area contributed by atoms with Crippen LogP contribution >= 0.6 is 22.9 Å². The molecular weight excluding hydrogens is 364 g/mol. The van der Waals surface area contributed by atoms with Gasteiger partial charge >= 0.3 is 6.18 Å². The lowest BCUT2D eigenvalue weighted by Gasteiger charge is -2.35. The van der Waals surface area contributed by atoms with Crippen molar-refractivity contribution in [2.75, 3.05) is 26.2 Å². The number of thiophene rings is 1. The molecule has 1 fully saturated rings. The fraction of sp³-hybridized carbons (Fsp3) is 0.375. The van der Waals surface area contributed by atoms with Gasteiger partial charge in [0.05, 0.1) is 15.9 Å². The zero-order valence-electron chi connectivity index (χ0n) is 12.5. The van der Waals surface area contributed by atoms with Gasteiger partial charge in [0.25, 0.3) is 0 Å². The lowest BCUT2D eigenvalue weighted by atomic mass is 9.99. The van der Waals surface area contributed by atoms with Gasteiger partial charge in [-0.3, -0.25) is 4.90 Å². The molecule has 0 aliphatic carbocycles. The summed E-state index contributed by atoms with van der Waals surface area (Å²) in [7, 11) is 0. The van der Waals surface area contributed by atoms with Crippen LogP contribution in [0.5, 0.6) is 0 Å². The minimum absolute atomic E-state index is 0.0326. The Labute approximate surface area is 146 Å². The van der Waals surface area contributed by atoms with E-state index in [1.807, 2.05) is 4.90 Å². The Kier molecular flexibility index (Phi) is 5.15. The Morgan fingerprint density at radius 1 is 1.12 bits per heavy atom. The molecule has 0 spiro atoms. The van der Waals surface area contributed by atoms with Crippen molar-refractivity contribution in [2.45, 2.75) is 12.2 Å². The fourth-order valence-electron chi connectivity index (χ4n) is 2.93. The maximum atomic E-state index is 14.7. The minimum atomic E-state index is -4.72. The molecular formula is C16H15ClF4N2S. The van der Waals surface area contributed by atoms with E-state index in [9.17, 15) is 17.6 Å². The number of piperazine rings is 1. The molecule has 2 aromatic rings. The molecule has 8 heteroatoms. The lowest BCUT2D eigenvalue weighted by Crippen LogP contribution is -2.45. The maximum absolute atomic E-state index is 14.7. The first kappa shape index (κ1) is 17.7. The normalized spacial score (nSPS) is 17.9. The summed E-state index contributed by atoms with van der Waals surface area (Å²) in [6.07, 6.45) is -4.72. The minimum Gasteiger partial charge on any atom is -0.314 e. The Morgan fingerprint density at radius 2 is 1.83 bits per heavy atom. The van der Waals surface area contributed by atoms with Crippen LogP contribution in [-0.4, -0.2) is 31.1 Å². The molecule has 1 aromatic carbocycles. The summed E-state index contributed by atoms with van der Waals surface area (Å²) < 4.78 is 54.4. The molecule has 130 valence electrons. The summed E-state index contributed by atoms with van der Waals surface area (Å²) in [5, 5.41) is 3.19. The van der Waals surface area contributed by atoms with Crippen LogP contribution in [0.2, 0.25) is 4.34 Å². The van der Waals surface area contributed by atoms with Gasteiger partial charge in [-0.25, -0.2) is 4.39 Å². The van der Waals surface area contributed by atoms with Crippen LogP contribution in [0.1, 0.15) is 22.0 Å². The van der Waals surface area contributed by atoms with Crippen LogP contribution in [0, 0.1) is 5.82 Å². The first-order chi connectivity index (χ1) is 11.4. The largest absolute Gasteiger partial charge is 0.419 e. The molecule has 1 N–H and O–H groups in total. The quantitative estimate of drug-likeness (QED) is 0.788. The molecule has 1 aliphatic heterocycles. The molecule has 1 saturated heterocycles. The van der Waals surface area contributed by atoms with Crippen molar-refractivity contribution >= 4 is 22.9 Å². The van der Waals surface area contributed by atoms with Crippen LogP contribution in [-0.2, 0) is 6.18 Å². The zero-order valence-corrected chi connectivity index (χ0v) is 14.1. The number of hydrogen-bond donors (Lipinski definition) is 1. The monoisotopic (exact) mass is 378 g/mol. The standard InChI is InChI=1S/C16H15ClF4N2S/c17-13-5-4-12(24-13)15(23-8-6-22-7-9-23)10-2-1-3-11(14(10)18)16(19,20)21/h1-5,15,22H,6-9H2/t15-/m0/s1. The van der Waals surface area contributed by atoms with Crippen LogP contribution in [0.15, 0.2) is 30.3 Å². The predicted octanol–water partition coefficient (Wildman–Crippen LogP) is 4.55. The molecule has 2 heterocycles. The molecule has 1 aromatic heterocycles. The summed E-state index contributed by atoms with van der Waals surface area (Å²) in [4.78, 5) is 2.72. The van der Waals surface area contributed by atoms with Crippen molar-refractivity contribution in [3.05, 3.63) is 56.5 Å². The first-order valence-electron chi connectivity index (χ1n) is 7.43. The molecule has 0 amide bonds. The van der Waals surface area contributed by atoms with Gasteiger partial charge < -0.3 is 5.32 Å². The highest BCUT2D eigenvalue weighted by Gasteiger charge is 2.37. The van der Waals surface area contributed by atoms with E-state index in [-0.39, 0.29) is 5.56 Å². The van der Waals surface area contributed by atoms with Gasteiger partial charge in [-0.15, -0.1) is 11.3 Å². The van der Waals surface area contributed by atoms with E-state index >= 15 is 0 Å². The molecule has 2 nitrogen and oxygen atoms in total. The predicted molar refractivity (Wildman–Crippen MR) is 87.0 cm³/mol. The van der Waals surface area contributed by atoms with Gasteiger partial charge in [0.2, 0.25) is 0 Å². The van der Waals surface area contributed by atoms with E-state index in [0.717, 1.165) is 10.9 Å². The first-order valence-corrected chi connectivity index (χ1v) is 8.63. The average Bonchev–Trinajstić information content (AvgIpc) is 2.95. The number of alkyl halides is 3. The fourth-order valence-corrected chi connectivity index (χ4v) is 4.14. The third-order valence-corrected chi connectivity index (χ3v) is 5.29. The summed E-state index contributed by atoms with van der Waals surface area (Å²) in [6.45, 7) is 2.65. The summed E-state index contributed by atoms with van der Waals surface area (Å²) in [5.41, 5.74) is -1.20. The molecule has 0 unspecified atom stereocenters. The molecule has 1 aliphatic rings. The lowest BCUT2D eigenvalue weighted by molar-refractivity contribution is -0.140. The molecule has 24 heavy (non-hydrogen) atoms. The number of nitrogens with zero attached hydrogens (tertiary/aromatic N) is 1. The van der Waals surface area contributed by atoms with Crippen molar-refractivity contribution in [3.63, 3.8) is 0 Å². The topological polar surface area (TPSA) is 15.3 Å². The maximum Gasteiger partial charge on any atom is 0.419 e. The highest BCUT2D eigenvalue weighted by molar-refractivity contribution is 7.16. The van der Waals surface area contributed by atoms with Gasteiger partial charge in [0, 0.05) is 36.6 Å². The summed E-state index contributed by atoms with van der Waals surface area (Å²) in [6, 6.07) is 6.31. The molecule has 0 saturated carbocycles. The van der Waals surface area contributed by atoms with E-state index in [1.54, 1.807) is 12.1 Å². The number of halogens is 5. The smallest absolute Gasteiger partial charge is 0.314 e. The van der Waals surface area contributed by atoms with Crippen LogP contribution in [0.25, 0.3) is 0 Å². The Morgan fingerprint density at radius 3 is 2.42 bits per heavy atom. The SMILES string of the molecule is Fc1c([C@@H](c2ccc(Cl)s2)N2CCNCC2)cccc1C(F)(F)F. The van der Waals surface area contributed by atoms with Gasteiger partial charge in [0.15, 0.2) is 0 Å². The Balaban J connectivity index is 2.09. The van der Waals surface area contributed by atoms with E-state index in [0.29, 0.717) is 30.5 Å². The summed E-state index contributed by atoms with van der Waals surface area (Å²) >= 11 is 7.25. The number of rotatable bonds is 3. The van der Waals surface area contributed by atoms with Gasteiger partial charge in [-0.1, -0.05) is 23.7 Å². The van der Waals surface area contributed by atoms with Crippen molar-refractivity contribution in [2.24, 2.45) is 0 Å². The van der Waals surface area contributed by atoms with E-state index in [1.165, 1.54) is 23.5 Å². The van der Waals surface area contributed by atoms with Crippen molar-refractivity contribution in [3.8, 4) is 0 Å². The van der Waals surface area contributed by atoms with Crippen LogP contribution in [0.3, 0.4) is 0 Å². The number of nitrogens with one attached hydrogen (secondary N) is 1. The van der Waals surface area contributed by atoms with Crippen molar-refractivity contribution in [1.29, 1.82) is 0 Å². The second kappa shape index (κ2) is 7.00. The Bertz CT molecular complexity index is 710. The highest BCUT2D eigenvalue weighted by atomic mass is 35.5. The van der Waals surface area contributed by atoms with E-state index in [2.05, 4.69) is 5.32 Å². The second-order valence-electron chi connectivity index (χ2n) is 5.54.